The second-order valence-corrected chi connectivity index (χ2v) is 6.48. The topological polar surface area (TPSA) is 66.2 Å². The average molecular weight is 376 g/mol. The highest BCUT2D eigenvalue weighted by molar-refractivity contribution is 6.31. The molecule has 132 valence electrons. The first kappa shape index (κ1) is 17.1. The fourth-order valence-corrected chi connectivity index (χ4v) is 3.25. The second kappa shape index (κ2) is 7.10. The van der Waals surface area contributed by atoms with Gasteiger partial charge in [-0.05, 0) is 35.9 Å². The van der Waals surface area contributed by atoms with Gasteiger partial charge in [-0.2, -0.15) is 5.26 Å². The van der Waals surface area contributed by atoms with Crippen LogP contribution in [0.2, 0.25) is 5.02 Å². The van der Waals surface area contributed by atoms with E-state index < -0.39 is 0 Å². The maximum absolute atomic E-state index is 13.0. The van der Waals surface area contributed by atoms with Gasteiger partial charge in [0, 0.05) is 22.3 Å². The maximum Gasteiger partial charge on any atom is 0.258 e. The molecule has 1 aliphatic heterocycles. The van der Waals surface area contributed by atoms with Crippen molar-refractivity contribution in [2.45, 2.75) is 0 Å². The number of rotatable bonds is 2. The molecule has 5 nitrogen and oxygen atoms in total. The molecule has 0 atom stereocenters. The van der Waals surface area contributed by atoms with Gasteiger partial charge < -0.3 is 9.64 Å². The van der Waals surface area contributed by atoms with Crippen LogP contribution in [0.15, 0.2) is 60.9 Å². The van der Waals surface area contributed by atoms with Gasteiger partial charge in [0.05, 0.1) is 24.4 Å². The highest BCUT2D eigenvalue weighted by Gasteiger charge is 2.27. The monoisotopic (exact) mass is 375 g/mol. The van der Waals surface area contributed by atoms with Crippen LogP contribution in [0.4, 0.5) is 5.69 Å². The third kappa shape index (κ3) is 3.23. The van der Waals surface area contributed by atoms with E-state index in [9.17, 15) is 4.79 Å². The van der Waals surface area contributed by atoms with E-state index in [4.69, 9.17) is 21.6 Å². The minimum Gasteiger partial charge on any atom is -0.489 e. The van der Waals surface area contributed by atoms with Crippen LogP contribution in [0, 0.1) is 11.3 Å². The predicted octanol–water partition coefficient (Wildman–Crippen LogP) is 4.31. The molecule has 0 radical (unpaired) electrons. The summed E-state index contributed by atoms with van der Waals surface area (Å²) in [6, 6.07) is 16.1. The first-order valence-electron chi connectivity index (χ1n) is 8.36. The summed E-state index contributed by atoms with van der Waals surface area (Å²) in [5, 5.41) is 9.49. The largest absolute Gasteiger partial charge is 0.489 e. The average Bonchev–Trinajstić information content (AvgIpc) is 2.72. The lowest BCUT2D eigenvalue weighted by atomic mass is 10.0. The molecule has 1 aromatic heterocycles. The molecule has 0 aliphatic carbocycles. The Balaban J connectivity index is 1.75. The van der Waals surface area contributed by atoms with Crippen LogP contribution in [0.3, 0.4) is 0 Å². The molecule has 0 saturated carbocycles. The van der Waals surface area contributed by atoms with Crippen molar-refractivity contribution in [1.82, 2.24) is 4.98 Å². The maximum atomic E-state index is 13.0. The van der Waals surface area contributed by atoms with Crippen molar-refractivity contribution in [1.29, 1.82) is 5.26 Å². The fourth-order valence-electron chi connectivity index (χ4n) is 3.06. The van der Waals surface area contributed by atoms with Crippen LogP contribution in [0.5, 0.6) is 5.75 Å². The molecule has 2 aromatic carbocycles. The number of carbonyl (C=O) groups is 1. The molecular formula is C21H14ClN3O2. The Morgan fingerprint density at radius 2 is 2.00 bits per heavy atom. The van der Waals surface area contributed by atoms with Gasteiger partial charge in [0.15, 0.2) is 5.75 Å². The summed E-state index contributed by atoms with van der Waals surface area (Å²) in [5.74, 6) is 0.456. The van der Waals surface area contributed by atoms with Gasteiger partial charge in [-0.15, -0.1) is 0 Å². The number of carbonyl (C=O) groups excluding carboxylic acids is 1. The Morgan fingerprint density at radius 3 is 2.74 bits per heavy atom. The number of aromatic nitrogens is 1. The van der Waals surface area contributed by atoms with E-state index in [1.165, 1.54) is 0 Å². The van der Waals surface area contributed by atoms with Gasteiger partial charge in [0.2, 0.25) is 0 Å². The Bertz CT molecular complexity index is 1060. The molecule has 1 amide bonds. The van der Waals surface area contributed by atoms with Crippen molar-refractivity contribution < 1.29 is 9.53 Å². The van der Waals surface area contributed by atoms with E-state index in [1.54, 1.807) is 53.7 Å². The van der Waals surface area contributed by atoms with Gasteiger partial charge in [0.25, 0.3) is 5.91 Å². The number of fused-ring (bicyclic) bond motifs is 1. The van der Waals surface area contributed by atoms with Crippen molar-refractivity contribution in [3.05, 3.63) is 77.1 Å². The van der Waals surface area contributed by atoms with E-state index >= 15 is 0 Å². The predicted molar refractivity (Wildman–Crippen MR) is 103 cm³/mol. The van der Waals surface area contributed by atoms with Gasteiger partial charge in [-0.1, -0.05) is 29.8 Å². The molecule has 0 spiro atoms. The standard InChI is InChI=1S/C21H14ClN3O2/c22-17-3-1-2-16(10-17)21(26)25-8-9-27-20-18(12-24-13-19(20)25)15-6-4-14(11-23)5-7-15/h1-7,10,12-13H,8-9H2. The van der Waals surface area contributed by atoms with E-state index in [2.05, 4.69) is 11.1 Å². The number of halogens is 1. The van der Waals surface area contributed by atoms with Gasteiger partial charge >= 0.3 is 0 Å². The number of benzene rings is 2. The highest BCUT2D eigenvalue weighted by atomic mass is 35.5. The molecule has 4 rings (SSSR count). The summed E-state index contributed by atoms with van der Waals surface area (Å²) in [6.07, 6.45) is 3.33. The zero-order valence-electron chi connectivity index (χ0n) is 14.2. The molecular weight excluding hydrogens is 362 g/mol. The number of hydrogen-bond acceptors (Lipinski definition) is 4. The van der Waals surface area contributed by atoms with Crippen LogP contribution in [0.25, 0.3) is 11.1 Å². The molecule has 0 unspecified atom stereocenters. The zero-order valence-corrected chi connectivity index (χ0v) is 15.0. The number of anilines is 1. The lowest BCUT2D eigenvalue weighted by molar-refractivity contribution is 0.0976. The minimum absolute atomic E-state index is 0.152. The van der Waals surface area contributed by atoms with E-state index in [0.29, 0.717) is 40.7 Å². The van der Waals surface area contributed by atoms with Crippen LogP contribution in [0.1, 0.15) is 15.9 Å². The molecule has 2 heterocycles. The summed E-state index contributed by atoms with van der Waals surface area (Å²) in [4.78, 5) is 18.9. The van der Waals surface area contributed by atoms with E-state index in [0.717, 1.165) is 11.1 Å². The van der Waals surface area contributed by atoms with Crippen molar-refractivity contribution in [2.75, 3.05) is 18.1 Å². The van der Waals surface area contributed by atoms with E-state index in [1.807, 2.05) is 12.1 Å². The Kier molecular flexibility index (Phi) is 4.49. The van der Waals surface area contributed by atoms with Crippen LogP contribution < -0.4 is 9.64 Å². The molecule has 27 heavy (non-hydrogen) atoms. The quantitative estimate of drug-likeness (QED) is 0.669. The molecule has 0 bridgehead atoms. The van der Waals surface area contributed by atoms with Crippen LogP contribution in [-0.2, 0) is 0 Å². The van der Waals surface area contributed by atoms with Crippen LogP contribution >= 0.6 is 11.6 Å². The van der Waals surface area contributed by atoms with Crippen molar-refractivity contribution >= 4 is 23.2 Å². The van der Waals surface area contributed by atoms with Crippen LogP contribution in [-0.4, -0.2) is 24.0 Å². The summed E-state index contributed by atoms with van der Waals surface area (Å²) in [5.41, 5.74) is 3.36. The Morgan fingerprint density at radius 1 is 1.19 bits per heavy atom. The number of ether oxygens (including phenoxy) is 1. The van der Waals surface area contributed by atoms with Crippen molar-refractivity contribution in [3.8, 4) is 22.9 Å². The summed E-state index contributed by atoms with van der Waals surface area (Å²) < 4.78 is 5.88. The number of pyridine rings is 1. The number of hydrogen-bond donors (Lipinski definition) is 0. The van der Waals surface area contributed by atoms with Gasteiger partial charge in [0.1, 0.15) is 12.3 Å². The molecule has 3 aromatic rings. The fraction of sp³-hybridized carbons (Fsp3) is 0.0952. The third-order valence-corrected chi connectivity index (χ3v) is 4.61. The summed E-state index contributed by atoms with van der Waals surface area (Å²) in [7, 11) is 0. The Labute approximate surface area is 161 Å². The molecule has 6 heteroatoms. The van der Waals surface area contributed by atoms with Gasteiger partial charge in [-0.25, -0.2) is 0 Å². The number of nitrogens with zero attached hydrogens (tertiary/aromatic N) is 3. The van der Waals surface area contributed by atoms with Crippen molar-refractivity contribution in [2.24, 2.45) is 0 Å². The minimum atomic E-state index is -0.152. The lowest BCUT2D eigenvalue weighted by Gasteiger charge is -2.30. The summed E-state index contributed by atoms with van der Waals surface area (Å²) >= 11 is 6.03. The normalized spacial score (nSPS) is 12.7. The molecule has 1 aliphatic rings. The number of amides is 1. The number of nitriles is 1. The molecule has 0 saturated heterocycles. The third-order valence-electron chi connectivity index (χ3n) is 4.37. The molecule has 0 fully saturated rings. The van der Waals surface area contributed by atoms with Gasteiger partial charge in [-0.3, -0.25) is 9.78 Å². The Hall–Kier alpha value is -3.36. The SMILES string of the molecule is N#Cc1ccc(-c2cncc3c2OCCN3C(=O)c2cccc(Cl)c2)cc1. The highest BCUT2D eigenvalue weighted by Crippen LogP contribution is 2.40. The first-order chi connectivity index (χ1) is 13.2. The molecule has 0 N–H and O–H groups in total. The van der Waals surface area contributed by atoms with Crippen molar-refractivity contribution in [3.63, 3.8) is 0 Å². The smallest absolute Gasteiger partial charge is 0.258 e. The van der Waals surface area contributed by atoms with E-state index in [-0.39, 0.29) is 5.91 Å². The second-order valence-electron chi connectivity index (χ2n) is 6.04. The lowest BCUT2D eigenvalue weighted by Crippen LogP contribution is -2.38. The first-order valence-corrected chi connectivity index (χ1v) is 8.74. The summed E-state index contributed by atoms with van der Waals surface area (Å²) in [6.45, 7) is 0.809. The zero-order chi connectivity index (χ0) is 18.8.